The highest BCUT2D eigenvalue weighted by Crippen LogP contribution is 2.58. The van der Waals surface area contributed by atoms with Crippen LogP contribution in [0.5, 0.6) is 0 Å². The molecular formula is C57H39NO. The number of rotatable bonds is 6. The van der Waals surface area contributed by atoms with Crippen molar-refractivity contribution in [2.24, 2.45) is 0 Å². The summed E-state index contributed by atoms with van der Waals surface area (Å²) in [5.41, 5.74) is 18.3. The number of hydrogen-bond donors (Lipinski definition) is 0. The van der Waals surface area contributed by atoms with Crippen molar-refractivity contribution in [2.75, 3.05) is 4.90 Å². The molecule has 1 aromatic heterocycles. The first kappa shape index (κ1) is 33.7. The zero-order valence-corrected chi connectivity index (χ0v) is 32.6. The number of anilines is 3. The Bertz CT molecular complexity index is 3200. The van der Waals surface area contributed by atoms with E-state index < -0.39 is 5.41 Å². The summed E-state index contributed by atoms with van der Waals surface area (Å²) in [6.45, 7) is 2.38. The molecule has 1 atom stereocenters. The van der Waals surface area contributed by atoms with E-state index in [9.17, 15) is 0 Å². The van der Waals surface area contributed by atoms with Gasteiger partial charge >= 0.3 is 0 Å². The maximum Gasteiger partial charge on any atom is 0.137 e. The van der Waals surface area contributed by atoms with Crippen LogP contribution in [0.4, 0.5) is 17.1 Å². The van der Waals surface area contributed by atoms with Crippen LogP contribution in [0.1, 0.15) is 45.9 Å². The van der Waals surface area contributed by atoms with Gasteiger partial charge in [-0.25, -0.2) is 0 Å². The molecule has 2 heteroatoms. The monoisotopic (exact) mass is 753 g/mol. The topological polar surface area (TPSA) is 16.4 Å². The molecule has 0 saturated heterocycles. The van der Waals surface area contributed by atoms with Crippen molar-refractivity contribution in [3.05, 3.63) is 257 Å². The van der Waals surface area contributed by atoms with E-state index in [-0.39, 0.29) is 5.41 Å². The van der Waals surface area contributed by atoms with E-state index in [0.29, 0.717) is 0 Å². The van der Waals surface area contributed by atoms with Gasteiger partial charge in [0.2, 0.25) is 0 Å². The summed E-state index contributed by atoms with van der Waals surface area (Å²) in [6.07, 6.45) is 0. The molecule has 278 valence electrons. The minimum atomic E-state index is -0.468. The maximum absolute atomic E-state index is 6.53. The van der Waals surface area contributed by atoms with E-state index in [0.717, 1.165) is 39.0 Å². The highest BCUT2D eigenvalue weighted by Gasteiger charge is 2.46. The molecule has 1 heterocycles. The van der Waals surface area contributed by atoms with Crippen molar-refractivity contribution < 1.29 is 4.42 Å². The zero-order valence-electron chi connectivity index (χ0n) is 32.6. The van der Waals surface area contributed by atoms with Crippen molar-refractivity contribution >= 4 is 39.0 Å². The van der Waals surface area contributed by atoms with Crippen molar-refractivity contribution in [2.45, 2.75) is 17.8 Å². The van der Waals surface area contributed by atoms with Crippen molar-refractivity contribution in [3.8, 4) is 22.3 Å². The van der Waals surface area contributed by atoms with Gasteiger partial charge in [-0.1, -0.05) is 170 Å². The molecule has 0 saturated carbocycles. The molecular weight excluding hydrogens is 715 g/mol. The Morgan fingerprint density at radius 2 is 0.780 bits per heavy atom. The highest BCUT2D eigenvalue weighted by atomic mass is 16.3. The number of furan rings is 1. The van der Waals surface area contributed by atoms with E-state index in [2.05, 4.69) is 224 Å². The first-order valence-corrected chi connectivity index (χ1v) is 20.5. The van der Waals surface area contributed by atoms with Crippen molar-refractivity contribution in [1.29, 1.82) is 0 Å². The van der Waals surface area contributed by atoms with Crippen molar-refractivity contribution in [1.82, 2.24) is 0 Å². The van der Waals surface area contributed by atoms with E-state index in [4.69, 9.17) is 4.42 Å². The van der Waals surface area contributed by atoms with Crippen LogP contribution >= 0.6 is 0 Å². The van der Waals surface area contributed by atoms with Crippen LogP contribution in [0.25, 0.3) is 44.2 Å². The van der Waals surface area contributed by atoms with Gasteiger partial charge in [0.1, 0.15) is 11.2 Å². The number of fused-ring (bicyclic) bond motifs is 9. The Hall–Kier alpha value is -7.42. The molecule has 10 aromatic rings. The highest BCUT2D eigenvalue weighted by molar-refractivity contribution is 6.06. The largest absolute Gasteiger partial charge is 0.456 e. The number of hydrogen-bond acceptors (Lipinski definition) is 2. The van der Waals surface area contributed by atoms with Crippen LogP contribution in [-0.2, 0) is 10.8 Å². The Kier molecular flexibility index (Phi) is 7.31. The molecule has 0 amide bonds. The molecule has 59 heavy (non-hydrogen) atoms. The van der Waals surface area contributed by atoms with Gasteiger partial charge in [-0.05, 0) is 111 Å². The third-order valence-electron chi connectivity index (χ3n) is 13.2. The van der Waals surface area contributed by atoms with Crippen LogP contribution in [0, 0.1) is 0 Å². The van der Waals surface area contributed by atoms with E-state index in [1.165, 1.54) is 61.2 Å². The minimum absolute atomic E-state index is 0.279. The maximum atomic E-state index is 6.53. The lowest BCUT2D eigenvalue weighted by Crippen LogP contribution is -2.28. The van der Waals surface area contributed by atoms with Gasteiger partial charge in [-0.2, -0.15) is 0 Å². The number of nitrogens with zero attached hydrogens (tertiary/aromatic N) is 1. The predicted octanol–water partition coefficient (Wildman–Crippen LogP) is 14.8. The van der Waals surface area contributed by atoms with Gasteiger partial charge in [-0.3, -0.25) is 0 Å². The second-order valence-corrected chi connectivity index (χ2v) is 16.1. The fourth-order valence-corrected chi connectivity index (χ4v) is 10.6. The molecule has 9 aromatic carbocycles. The molecule has 1 unspecified atom stereocenters. The van der Waals surface area contributed by atoms with E-state index in [1.54, 1.807) is 0 Å². The van der Waals surface area contributed by atoms with Gasteiger partial charge < -0.3 is 9.32 Å². The first-order chi connectivity index (χ1) is 29.1. The average molecular weight is 754 g/mol. The smallest absolute Gasteiger partial charge is 0.137 e. The lowest BCUT2D eigenvalue weighted by atomic mass is 9.68. The second kappa shape index (κ2) is 12.8. The summed E-state index contributed by atoms with van der Waals surface area (Å²) in [7, 11) is 0. The first-order valence-electron chi connectivity index (χ1n) is 20.5. The van der Waals surface area contributed by atoms with Gasteiger partial charge in [0, 0.05) is 39.3 Å². The SMILES string of the molecule is CC1(c2ccccc2)c2ccccc2-c2cc(N(c3ccc4c(c3)-c3ccccc3C4(c3ccccc3)c3ccccc3)c3ccc4c(c3)oc3ccccc34)ccc21. The second-order valence-electron chi connectivity index (χ2n) is 16.1. The lowest BCUT2D eigenvalue weighted by molar-refractivity contribution is 0.669. The third-order valence-corrected chi connectivity index (χ3v) is 13.2. The number of para-hydroxylation sites is 1. The predicted molar refractivity (Wildman–Crippen MR) is 243 cm³/mol. The molecule has 2 aliphatic carbocycles. The van der Waals surface area contributed by atoms with E-state index in [1.807, 2.05) is 6.07 Å². The molecule has 0 spiro atoms. The van der Waals surface area contributed by atoms with Crippen LogP contribution in [0.3, 0.4) is 0 Å². The van der Waals surface area contributed by atoms with Gasteiger partial charge in [0.05, 0.1) is 5.41 Å². The van der Waals surface area contributed by atoms with Gasteiger partial charge in [0.25, 0.3) is 0 Å². The van der Waals surface area contributed by atoms with Crippen molar-refractivity contribution in [3.63, 3.8) is 0 Å². The molecule has 0 N–H and O–H groups in total. The van der Waals surface area contributed by atoms with Crippen LogP contribution in [0.2, 0.25) is 0 Å². The number of benzene rings is 9. The van der Waals surface area contributed by atoms with E-state index >= 15 is 0 Å². The fraction of sp³-hybridized carbons (Fsp3) is 0.0526. The Balaban J connectivity index is 1.10. The Labute approximate surface area is 344 Å². The van der Waals surface area contributed by atoms with Gasteiger partial charge in [-0.15, -0.1) is 0 Å². The summed E-state index contributed by atoms with van der Waals surface area (Å²) in [5.74, 6) is 0. The summed E-state index contributed by atoms with van der Waals surface area (Å²) >= 11 is 0. The quantitative estimate of drug-likeness (QED) is 0.168. The molecule has 0 radical (unpaired) electrons. The van der Waals surface area contributed by atoms with Crippen LogP contribution < -0.4 is 4.90 Å². The normalized spacial score (nSPS) is 15.7. The van der Waals surface area contributed by atoms with Gasteiger partial charge in [0.15, 0.2) is 0 Å². The molecule has 2 nitrogen and oxygen atoms in total. The Morgan fingerprint density at radius 3 is 1.46 bits per heavy atom. The zero-order chi connectivity index (χ0) is 39.1. The molecule has 0 aliphatic heterocycles. The molecule has 0 bridgehead atoms. The molecule has 12 rings (SSSR count). The summed E-state index contributed by atoms with van der Waals surface area (Å²) in [6, 6.07) is 80.1. The lowest BCUT2D eigenvalue weighted by Gasteiger charge is -2.34. The standard InChI is InChI=1S/C57H39NO/c1-56(38-17-5-2-6-18-38)50-26-14-11-23-44(50)48-35-41(30-33-51(48)56)58(43-29-32-47-46-25-13-16-28-54(46)59-55(47)37-43)42-31-34-53-49(36-42)45-24-12-15-27-52(45)57(53,39-19-7-3-8-20-39)40-21-9-4-10-22-40/h2-37H,1H3. The summed E-state index contributed by atoms with van der Waals surface area (Å²) < 4.78 is 6.53. The molecule has 2 aliphatic rings. The summed E-state index contributed by atoms with van der Waals surface area (Å²) in [5, 5.41) is 2.24. The van der Waals surface area contributed by atoms with Crippen LogP contribution in [0.15, 0.2) is 223 Å². The molecule has 0 fully saturated rings. The minimum Gasteiger partial charge on any atom is -0.456 e. The average Bonchev–Trinajstić information content (AvgIpc) is 3.92. The Morgan fingerprint density at radius 1 is 0.339 bits per heavy atom. The fourth-order valence-electron chi connectivity index (χ4n) is 10.6. The van der Waals surface area contributed by atoms with Crippen LogP contribution in [-0.4, -0.2) is 0 Å². The third kappa shape index (κ3) is 4.75. The summed E-state index contributed by atoms with van der Waals surface area (Å²) in [4.78, 5) is 2.42.